The summed E-state index contributed by atoms with van der Waals surface area (Å²) in [5.41, 5.74) is 13.8. The minimum Gasteiger partial charge on any atom is -0.390 e. The van der Waals surface area contributed by atoms with Gasteiger partial charge in [0.15, 0.2) is 0 Å². The third-order valence-electron chi connectivity index (χ3n) is 6.16. The van der Waals surface area contributed by atoms with E-state index in [1.165, 1.54) is 11.8 Å². The molecule has 1 rings (SSSR count). The van der Waals surface area contributed by atoms with Crippen LogP contribution < -0.4 is 5.73 Å². The molecule has 276 valence electrons. The fourth-order valence-electron chi connectivity index (χ4n) is 3.63. The molecule has 0 aromatic carbocycles. The second kappa shape index (κ2) is 34.8. The number of amides is 1. The number of aliphatic hydroxyl groups is 2. The molecule has 0 unspecified atom stereocenters. The molecular weight excluding hydrogens is 717 g/mol. The number of nitrogens with two attached hydrogens (primary N) is 1. The first-order valence-electron chi connectivity index (χ1n) is 16.2. The van der Waals surface area contributed by atoms with Crippen LogP contribution in [-0.4, -0.2) is 158 Å². The topological polar surface area (TPSA) is 185 Å². The Hall–Kier alpha value is -0.600. The quantitative estimate of drug-likeness (QED) is 0.0295. The van der Waals surface area contributed by atoms with Gasteiger partial charge < -0.3 is 39.8 Å². The summed E-state index contributed by atoms with van der Waals surface area (Å²) in [6, 6.07) is 5.88. The van der Waals surface area contributed by atoms with E-state index in [1.54, 1.807) is 51.3 Å². The van der Waals surface area contributed by atoms with Gasteiger partial charge in [-0.15, -0.1) is 0 Å². The van der Waals surface area contributed by atoms with Crippen LogP contribution in [0.2, 0.25) is 0 Å². The van der Waals surface area contributed by atoms with E-state index >= 15 is 0 Å². The number of ether oxygens (including phenoxy) is 4. The summed E-state index contributed by atoms with van der Waals surface area (Å²) < 4.78 is 22.3. The van der Waals surface area contributed by atoms with Crippen LogP contribution in [0.3, 0.4) is 0 Å². The van der Waals surface area contributed by atoms with Crippen LogP contribution in [0.15, 0.2) is 34.5 Å². The van der Waals surface area contributed by atoms with E-state index in [-0.39, 0.29) is 12.5 Å². The van der Waals surface area contributed by atoms with Crippen LogP contribution in [0.4, 0.5) is 0 Å². The zero-order valence-electron chi connectivity index (χ0n) is 27.8. The molecule has 0 spiro atoms. The third kappa shape index (κ3) is 28.1. The fraction of sp³-hybridized carbons (Fsp3) is 0.800. The average Bonchev–Trinajstić information content (AvgIpc) is 3.10. The largest absolute Gasteiger partial charge is 0.390 e. The molecule has 1 aromatic heterocycles. The lowest BCUT2D eigenvalue weighted by Crippen LogP contribution is -2.36. The van der Waals surface area contributed by atoms with Gasteiger partial charge in [-0.05, 0) is 59.3 Å². The number of carbonyl (C=O) groups excluding carboxylic acids is 1. The Morgan fingerprint density at radius 1 is 0.854 bits per heavy atom. The molecule has 1 amide bonds. The van der Waals surface area contributed by atoms with Crippen LogP contribution in [0.5, 0.6) is 0 Å². The number of hydrogen-bond acceptors (Lipinski definition) is 15. The van der Waals surface area contributed by atoms with Crippen molar-refractivity contribution in [3.63, 3.8) is 0 Å². The van der Waals surface area contributed by atoms with Crippen LogP contribution >= 0.6 is 56.9 Å². The Bertz CT molecular complexity index is 931. The summed E-state index contributed by atoms with van der Waals surface area (Å²) in [6.07, 6.45) is 2.27. The van der Waals surface area contributed by atoms with E-state index in [0.717, 1.165) is 40.9 Å². The number of aromatic nitrogens is 1. The summed E-state index contributed by atoms with van der Waals surface area (Å²) in [6.45, 7) is 6.02. The van der Waals surface area contributed by atoms with Crippen molar-refractivity contribution in [1.82, 2.24) is 9.88 Å². The smallest absolute Gasteiger partial charge is 0.223 e. The highest BCUT2D eigenvalue weighted by molar-refractivity contribution is 8.76. The lowest BCUT2D eigenvalue weighted by atomic mass is 10.3. The highest BCUT2D eigenvalue weighted by Gasteiger charge is 2.17. The minimum absolute atomic E-state index is 0.0474. The predicted octanol–water partition coefficient (Wildman–Crippen LogP) is 4.08. The van der Waals surface area contributed by atoms with Gasteiger partial charge in [0, 0.05) is 65.9 Å². The minimum atomic E-state index is -0.825. The Morgan fingerprint density at radius 2 is 1.52 bits per heavy atom. The van der Waals surface area contributed by atoms with Crippen molar-refractivity contribution >= 4 is 62.8 Å². The predicted molar refractivity (Wildman–Crippen MR) is 203 cm³/mol. The molecule has 0 aliphatic rings. The molecular formula is C30H54N6O7S5. The van der Waals surface area contributed by atoms with Gasteiger partial charge in [-0.3, -0.25) is 4.79 Å². The van der Waals surface area contributed by atoms with Gasteiger partial charge in [0.25, 0.3) is 0 Å². The van der Waals surface area contributed by atoms with Gasteiger partial charge in [0.05, 0.1) is 65.1 Å². The van der Waals surface area contributed by atoms with Crippen molar-refractivity contribution in [2.75, 3.05) is 119 Å². The standard InChI is InChI=1S/C30H54N6O7S5/c31-7-3-20-45-25-27(37)28(38)26-46-22-6-30(39)36(11-13-41-15-14-40-12-9-34-35-32)10-4-21-44-23-18-42-16-17-43-19-24-47-48-29-5-1-2-8-33-29/h1-2,5,8,27-28,37-38H,3-4,6-7,9-26,31H2/t27-,28-/m0/s1. The number of carbonyl (C=O) groups is 1. The number of aliphatic hydroxyl groups excluding tert-OH is 2. The number of hydrogen-bond donors (Lipinski definition) is 3. The molecule has 0 fully saturated rings. The molecule has 4 N–H and O–H groups in total. The molecule has 0 saturated carbocycles. The van der Waals surface area contributed by atoms with Gasteiger partial charge in [-0.1, -0.05) is 22.0 Å². The van der Waals surface area contributed by atoms with E-state index in [2.05, 4.69) is 15.0 Å². The summed E-state index contributed by atoms with van der Waals surface area (Å²) in [5.74, 6) is 5.01. The molecule has 0 aliphatic heterocycles. The maximum absolute atomic E-state index is 13.0. The van der Waals surface area contributed by atoms with Crippen LogP contribution in [0.25, 0.3) is 10.4 Å². The molecule has 18 heteroatoms. The van der Waals surface area contributed by atoms with E-state index < -0.39 is 12.2 Å². The molecule has 13 nitrogen and oxygen atoms in total. The first-order chi connectivity index (χ1) is 23.6. The van der Waals surface area contributed by atoms with Crippen molar-refractivity contribution in [3.05, 3.63) is 34.8 Å². The van der Waals surface area contributed by atoms with Gasteiger partial charge >= 0.3 is 0 Å². The van der Waals surface area contributed by atoms with Crippen LogP contribution in [-0.2, 0) is 23.7 Å². The summed E-state index contributed by atoms with van der Waals surface area (Å²) in [5, 5.41) is 24.8. The highest BCUT2D eigenvalue weighted by Crippen LogP contribution is 2.28. The highest BCUT2D eigenvalue weighted by atomic mass is 33.1. The summed E-state index contributed by atoms with van der Waals surface area (Å²) in [4.78, 5) is 21.8. The molecule has 1 aromatic rings. The second-order valence-corrected chi connectivity index (χ2v) is 16.0. The van der Waals surface area contributed by atoms with E-state index in [1.807, 2.05) is 23.1 Å². The van der Waals surface area contributed by atoms with Crippen molar-refractivity contribution in [3.8, 4) is 0 Å². The SMILES string of the molecule is [N-]=[N+]=NCCOCCOCCN(CCCSCCOCCOCCSSc1ccccn1)C(=O)CCSC[C@H](O)[C@@H](O)CSCCCN. The maximum Gasteiger partial charge on any atom is 0.223 e. The zero-order valence-corrected chi connectivity index (χ0v) is 31.9. The molecule has 0 aliphatic carbocycles. The molecule has 48 heavy (non-hydrogen) atoms. The van der Waals surface area contributed by atoms with Crippen molar-refractivity contribution < 1.29 is 34.0 Å². The molecule has 0 radical (unpaired) electrons. The number of azide groups is 1. The average molecular weight is 771 g/mol. The van der Waals surface area contributed by atoms with Crippen LogP contribution in [0, 0.1) is 0 Å². The van der Waals surface area contributed by atoms with E-state index in [9.17, 15) is 15.0 Å². The van der Waals surface area contributed by atoms with E-state index in [4.69, 9.17) is 30.2 Å². The maximum atomic E-state index is 13.0. The third-order valence-corrected chi connectivity index (χ3v) is 11.6. The molecule has 0 saturated heterocycles. The fourth-order valence-corrected chi connectivity index (χ4v) is 8.10. The first-order valence-corrected chi connectivity index (χ1v) is 22.0. The lowest BCUT2D eigenvalue weighted by molar-refractivity contribution is -0.131. The first kappa shape index (κ1) is 45.4. The van der Waals surface area contributed by atoms with Crippen molar-refractivity contribution in [1.29, 1.82) is 0 Å². The normalized spacial score (nSPS) is 12.5. The van der Waals surface area contributed by atoms with E-state index in [0.29, 0.717) is 96.2 Å². The summed E-state index contributed by atoms with van der Waals surface area (Å²) in [7, 11) is 3.37. The van der Waals surface area contributed by atoms with Crippen LogP contribution in [0.1, 0.15) is 19.3 Å². The molecule has 0 bridgehead atoms. The summed E-state index contributed by atoms with van der Waals surface area (Å²) >= 11 is 4.86. The van der Waals surface area contributed by atoms with Gasteiger partial charge in [0.2, 0.25) is 5.91 Å². The lowest BCUT2D eigenvalue weighted by Gasteiger charge is -2.23. The van der Waals surface area contributed by atoms with Crippen molar-refractivity contribution in [2.24, 2.45) is 10.8 Å². The number of nitrogens with zero attached hydrogens (tertiary/aromatic N) is 5. The monoisotopic (exact) mass is 770 g/mol. The zero-order chi connectivity index (χ0) is 34.8. The number of pyridine rings is 1. The number of thioether (sulfide) groups is 3. The Kier molecular flexibility index (Phi) is 33.0. The Balaban J connectivity index is 2.19. The van der Waals surface area contributed by atoms with Crippen molar-refractivity contribution in [2.45, 2.75) is 36.5 Å². The van der Waals surface area contributed by atoms with Gasteiger partial charge in [-0.2, -0.15) is 35.3 Å². The second-order valence-electron chi connectivity index (χ2n) is 10.0. The Morgan fingerprint density at radius 3 is 2.21 bits per heavy atom. The Labute approximate surface area is 306 Å². The van der Waals surface area contributed by atoms with Gasteiger partial charge in [0.1, 0.15) is 5.03 Å². The number of rotatable bonds is 35. The van der Waals surface area contributed by atoms with Gasteiger partial charge in [-0.25, -0.2) is 4.98 Å². The molecule has 1 heterocycles. The molecule has 2 atom stereocenters.